The fraction of sp³-hybridized carbons (Fsp3) is 0.500. The molecular formula is C16H20FN3O. The Hall–Kier alpha value is -1.75. The van der Waals surface area contributed by atoms with Gasteiger partial charge >= 0.3 is 0 Å². The van der Waals surface area contributed by atoms with Crippen LogP contribution in [0.4, 0.5) is 4.39 Å². The van der Waals surface area contributed by atoms with Crippen molar-refractivity contribution in [2.75, 3.05) is 0 Å². The lowest BCUT2D eigenvalue weighted by atomic mass is 9.84. The second kappa shape index (κ2) is 5.22. The smallest absolute Gasteiger partial charge is 0.229 e. The van der Waals surface area contributed by atoms with Gasteiger partial charge in [-0.2, -0.15) is 4.98 Å². The SMILES string of the molecule is CC(C)(c1ccc(F)cc1)c1noc(C2CCC(N)C2)n1. The molecule has 0 amide bonds. The highest BCUT2D eigenvalue weighted by molar-refractivity contribution is 5.30. The van der Waals surface area contributed by atoms with Crippen molar-refractivity contribution in [1.29, 1.82) is 0 Å². The minimum absolute atomic E-state index is 0.232. The molecule has 0 spiro atoms. The van der Waals surface area contributed by atoms with Crippen molar-refractivity contribution < 1.29 is 8.91 Å². The standard InChI is InChI=1S/C16H20FN3O/c1-16(2,11-4-6-12(17)7-5-11)15-19-14(21-20-15)10-3-8-13(18)9-10/h4-7,10,13H,3,8-9,18H2,1-2H3. The summed E-state index contributed by atoms with van der Waals surface area (Å²) < 4.78 is 18.5. The van der Waals surface area contributed by atoms with Crippen molar-refractivity contribution in [2.45, 2.75) is 50.5 Å². The van der Waals surface area contributed by atoms with E-state index in [4.69, 9.17) is 10.3 Å². The van der Waals surface area contributed by atoms with Crippen LogP contribution in [0.25, 0.3) is 0 Å². The molecule has 2 unspecified atom stereocenters. The molecule has 2 aromatic rings. The molecule has 4 nitrogen and oxygen atoms in total. The van der Waals surface area contributed by atoms with Gasteiger partial charge in [-0.15, -0.1) is 0 Å². The van der Waals surface area contributed by atoms with Crippen LogP contribution in [0.15, 0.2) is 28.8 Å². The lowest BCUT2D eigenvalue weighted by molar-refractivity contribution is 0.344. The van der Waals surface area contributed by atoms with E-state index in [0.29, 0.717) is 11.7 Å². The number of halogens is 1. The van der Waals surface area contributed by atoms with Gasteiger partial charge in [0.15, 0.2) is 5.82 Å². The lowest BCUT2D eigenvalue weighted by Gasteiger charge is -2.20. The van der Waals surface area contributed by atoms with E-state index in [2.05, 4.69) is 10.1 Å². The molecule has 1 aromatic carbocycles. The molecule has 5 heteroatoms. The third-order valence-electron chi connectivity index (χ3n) is 4.39. The summed E-state index contributed by atoms with van der Waals surface area (Å²) in [7, 11) is 0. The Balaban J connectivity index is 1.86. The third-order valence-corrected chi connectivity index (χ3v) is 4.39. The number of rotatable bonds is 3. The van der Waals surface area contributed by atoms with Crippen molar-refractivity contribution in [3.8, 4) is 0 Å². The Bertz CT molecular complexity index is 621. The second-order valence-electron chi connectivity index (χ2n) is 6.36. The first kappa shape index (κ1) is 14.2. The Morgan fingerprint density at radius 3 is 2.57 bits per heavy atom. The van der Waals surface area contributed by atoms with E-state index in [1.54, 1.807) is 12.1 Å². The van der Waals surface area contributed by atoms with Gasteiger partial charge in [-0.3, -0.25) is 0 Å². The Morgan fingerprint density at radius 2 is 1.95 bits per heavy atom. The van der Waals surface area contributed by atoms with E-state index in [1.807, 2.05) is 13.8 Å². The lowest BCUT2D eigenvalue weighted by Crippen LogP contribution is -2.21. The molecule has 1 aliphatic rings. The Labute approximate surface area is 123 Å². The predicted molar refractivity (Wildman–Crippen MR) is 77.4 cm³/mol. The molecule has 0 bridgehead atoms. The average molecular weight is 289 g/mol. The third kappa shape index (κ3) is 2.70. The first-order valence-electron chi connectivity index (χ1n) is 7.32. The van der Waals surface area contributed by atoms with Crippen LogP contribution >= 0.6 is 0 Å². The predicted octanol–water partition coefficient (Wildman–Crippen LogP) is 3.13. The topological polar surface area (TPSA) is 64.9 Å². The largest absolute Gasteiger partial charge is 0.339 e. The fourth-order valence-electron chi connectivity index (χ4n) is 2.89. The van der Waals surface area contributed by atoms with Gasteiger partial charge in [-0.05, 0) is 50.8 Å². The maximum Gasteiger partial charge on any atom is 0.229 e. The highest BCUT2D eigenvalue weighted by atomic mass is 19.1. The van der Waals surface area contributed by atoms with E-state index in [9.17, 15) is 4.39 Å². The molecule has 1 heterocycles. The number of nitrogens with two attached hydrogens (primary N) is 1. The van der Waals surface area contributed by atoms with E-state index in [0.717, 1.165) is 24.8 Å². The molecule has 1 saturated carbocycles. The van der Waals surface area contributed by atoms with Gasteiger partial charge in [0.2, 0.25) is 5.89 Å². The fourth-order valence-corrected chi connectivity index (χ4v) is 2.89. The quantitative estimate of drug-likeness (QED) is 0.942. The summed E-state index contributed by atoms with van der Waals surface area (Å²) in [6.07, 6.45) is 2.90. The van der Waals surface area contributed by atoms with Crippen LogP contribution in [-0.2, 0) is 5.41 Å². The van der Waals surface area contributed by atoms with Gasteiger partial charge < -0.3 is 10.3 Å². The van der Waals surface area contributed by atoms with Crippen LogP contribution in [0.1, 0.15) is 56.3 Å². The van der Waals surface area contributed by atoms with E-state index in [-0.39, 0.29) is 17.8 Å². The molecule has 1 aliphatic carbocycles. The maximum absolute atomic E-state index is 13.1. The summed E-state index contributed by atoms with van der Waals surface area (Å²) in [6, 6.07) is 6.66. The van der Waals surface area contributed by atoms with E-state index in [1.165, 1.54) is 12.1 Å². The molecular weight excluding hydrogens is 269 g/mol. The molecule has 0 aliphatic heterocycles. The molecule has 1 fully saturated rings. The number of hydrogen-bond donors (Lipinski definition) is 1. The summed E-state index contributed by atoms with van der Waals surface area (Å²) in [5.74, 6) is 1.33. The van der Waals surface area contributed by atoms with Crippen LogP contribution < -0.4 is 5.73 Å². The van der Waals surface area contributed by atoms with Crippen LogP contribution in [0.2, 0.25) is 0 Å². The van der Waals surface area contributed by atoms with Gasteiger partial charge in [0.1, 0.15) is 5.82 Å². The molecule has 1 aromatic heterocycles. The Morgan fingerprint density at radius 1 is 1.24 bits per heavy atom. The normalized spacial score (nSPS) is 22.7. The average Bonchev–Trinajstić information content (AvgIpc) is 3.08. The monoisotopic (exact) mass is 289 g/mol. The minimum Gasteiger partial charge on any atom is -0.339 e. The van der Waals surface area contributed by atoms with Crippen molar-refractivity contribution in [3.63, 3.8) is 0 Å². The summed E-state index contributed by atoms with van der Waals surface area (Å²) in [6.45, 7) is 4.02. The zero-order valence-electron chi connectivity index (χ0n) is 12.3. The van der Waals surface area contributed by atoms with Crippen molar-refractivity contribution >= 4 is 0 Å². The van der Waals surface area contributed by atoms with E-state index >= 15 is 0 Å². The first-order valence-corrected chi connectivity index (χ1v) is 7.32. The highest BCUT2D eigenvalue weighted by Crippen LogP contribution is 2.35. The molecule has 3 rings (SSSR count). The van der Waals surface area contributed by atoms with E-state index < -0.39 is 5.41 Å². The first-order chi connectivity index (χ1) is 9.96. The zero-order valence-corrected chi connectivity index (χ0v) is 12.3. The molecule has 0 radical (unpaired) electrons. The van der Waals surface area contributed by atoms with Crippen LogP contribution in [0.3, 0.4) is 0 Å². The van der Waals surface area contributed by atoms with Gasteiger partial charge in [-0.1, -0.05) is 17.3 Å². The summed E-state index contributed by atoms with van der Waals surface area (Å²) in [4.78, 5) is 4.57. The van der Waals surface area contributed by atoms with Gasteiger partial charge in [0.25, 0.3) is 0 Å². The van der Waals surface area contributed by atoms with Gasteiger partial charge in [0.05, 0.1) is 5.41 Å². The summed E-state index contributed by atoms with van der Waals surface area (Å²) >= 11 is 0. The summed E-state index contributed by atoms with van der Waals surface area (Å²) in [5, 5.41) is 4.14. The molecule has 21 heavy (non-hydrogen) atoms. The van der Waals surface area contributed by atoms with Gasteiger partial charge in [0, 0.05) is 12.0 Å². The van der Waals surface area contributed by atoms with Crippen LogP contribution in [0.5, 0.6) is 0 Å². The van der Waals surface area contributed by atoms with Crippen molar-refractivity contribution in [1.82, 2.24) is 10.1 Å². The number of benzene rings is 1. The second-order valence-corrected chi connectivity index (χ2v) is 6.36. The minimum atomic E-state index is -0.420. The number of nitrogens with zero attached hydrogens (tertiary/aromatic N) is 2. The molecule has 0 saturated heterocycles. The molecule has 112 valence electrons. The number of hydrogen-bond acceptors (Lipinski definition) is 4. The summed E-state index contributed by atoms with van der Waals surface area (Å²) in [5.41, 5.74) is 6.47. The zero-order chi connectivity index (χ0) is 15.0. The highest BCUT2D eigenvalue weighted by Gasteiger charge is 2.32. The molecule has 2 atom stereocenters. The van der Waals surface area contributed by atoms with Crippen LogP contribution in [0, 0.1) is 5.82 Å². The van der Waals surface area contributed by atoms with Gasteiger partial charge in [-0.25, -0.2) is 4.39 Å². The van der Waals surface area contributed by atoms with Crippen molar-refractivity contribution in [3.05, 3.63) is 47.4 Å². The maximum atomic E-state index is 13.1. The molecule has 2 N–H and O–H groups in total. The Kier molecular flexibility index (Phi) is 3.53. The number of aromatic nitrogens is 2. The van der Waals surface area contributed by atoms with Crippen LogP contribution in [-0.4, -0.2) is 16.2 Å². The van der Waals surface area contributed by atoms with Crippen molar-refractivity contribution in [2.24, 2.45) is 5.73 Å².